The Morgan fingerprint density at radius 3 is 2.43 bits per heavy atom. The number of carbonyl (C=O) groups excluding carboxylic acids is 2. The number of methoxy groups -OCH3 is 1. The number of hydrogen-bond acceptors (Lipinski definition) is 6. The molecule has 120 valence electrons. The third-order valence-corrected chi connectivity index (χ3v) is 3.51. The zero-order valence-electron chi connectivity index (χ0n) is 12.9. The van der Waals surface area contributed by atoms with Crippen LogP contribution in [0.1, 0.15) is 42.6 Å². The van der Waals surface area contributed by atoms with Crippen LogP contribution in [0.5, 0.6) is 0 Å². The Morgan fingerprint density at radius 1 is 1.33 bits per heavy atom. The van der Waals surface area contributed by atoms with Crippen molar-refractivity contribution in [3.8, 4) is 0 Å². The van der Waals surface area contributed by atoms with E-state index >= 15 is 0 Å². The number of thiazole rings is 1. The maximum Gasteiger partial charge on any atom is 0.350 e. The number of ether oxygens (including phenoxy) is 1. The average molecular weight is 336 g/mol. The average Bonchev–Trinajstić information content (AvgIpc) is 2.79. The van der Waals surface area contributed by atoms with Gasteiger partial charge in [0.15, 0.2) is 5.13 Å². The summed E-state index contributed by atoms with van der Waals surface area (Å²) in [6.45, 7) is 6.47. The van der Waals surface area contributed by atoms with Crippen LogP contribution in [0, 0.1) is 0 Å². The van der Waals surface area contributed by atoms with Crippen LogP contribution in [-0.4, -0.2) is 37.6 Å². The quantitative estimate of drug-likeness (QED) is 0.806. The van der Waals surface area contributed by atoms with Gasteiger partial charge in [-0.15, -0.1) is 12.4 Å². The predicted molar refractivity (Wildman–Crippen MR) is 86.6 cm³/mol. The van der Waals surface area contributed by atoms with E-state index in [0.717, 1.165) is 11.3 Å². The van der Waals surface area contributed by atoms with E-state index in [1.54, 1.807) is 7.05 Å². The standard InChI is InChI=1S/C13H21N3O3S.ClH/c1-13(2,3)10-9(11(18)19-5)20-12(16-10)15-8(17)6-7-14-4;/h14H,6-7H2,1-5H3,(H,15,16,17);1H. The molecule has 0 unspecified atom stereocenters. The number of rotatable bonds is 5. The second-order valence-electron chi connectivity index (χ2n) is 5.34. The van der Waals surface area contributed by atoms with E-state index in [1.807, 2.05) is 20.8 Å². The first-order chi connectivity index (χ1) is 9.29. The molecule has 2 N–H and O–H groups in total. The SMILES string of the molecule is CNCCC(=O)Nc1nc(C(C)(C)C)c(C(=O)OC)s1.Cl. The number of anilines is 1. The van der Waals surface area contributed by atoms with E-state index in [9.17, 15) is 9.59 Å². The van der Waals surface area contributed by atoms with Crippen molar-refractivity contribution < 1.29 is 14.3 Å². The molecule has 1 rings (SSSR count). The van der Waals surface area contributed by atoms with Gasteiger partial charge in [0, 0.05) is 18.4 Å². The summed E-state index contributed by atoms with van der Waals surface area (Å²) in [6, 6.07) is 0. The first-order valence-corrected chi connectivity index (χ1v) is 7.15. The number of aromatic nitrogens is 1. The van der Waals surface area contributed by atoms with E-state index in [2.05, 4.69) is 15.6 Å². The summed E-state index contributed by atoms with van der Waals surface area (Å²) in [4.78, 5) is 28.3. The van der Waals surface area contributed by atoms with Crippen LogP contribution < -0.4 is 10.6 Å². The summed E-state index contributed by atoms with van der Waals surface area (Å²) in [5.74, 6) is -0.562. The summed E-state index contributed by atoms with van der Waals surface area (Å²) in [5.41, 5.74) is 0.340. The Kier molecular flexibility index (Phi) is 7.84. The molecule has 0 atom stereocenters. The summed E-state index contributed by atoms with van der Waals surface area (Å²) < 4.78 is 4.76. The lowest BCUT2D eigenvalue weighted by Gasteiger charge is -2.16. The van der Waals surface area contributed by atoms with Crippen molar-refractivity contribution in [2.75, 3.05) is 26.0 Å². The Balaban J connectivity index is 0.00000400. The minimum atomic E-state index is -0.428. The molecule has 0 saturated heterocycles. The van der Waals surface area contributed by atoms with Gasteiger partial charge in [0.1, 0.15) is 4.88 Å². The normalized spacial score (nSPS) is 10.7. The lowest BCUT2D eigenvalue weighted by Crippen LogP contribution is -2.19. The molecule has 0 bridgehead atoms. The largest absolute Gasteiger partial charge is 0.465 e. The van der Waals surface area contributed by atoms with Crippen LogP contribution >= 0.6 is 23.7 Å². The van der Waals surface area contributed by atoms with Gasteiger partial charge in [-0.3, -0.25) is 4.79 Å². The zero-order chi connectivity index (χ0) is 15.3. The number of amides is 1. The molecule has 0 fully saturated rings. The molecular weight excluding hydrogens is 314 g/mol. The summed E-state index contributed by atoms with van der Waals surface area (Å²) in [6.07, 6.45) is 0.356. The van der Waals surface area contributed by atoms with Crippen LogP contribution in [0.4, 0.5) is 5.13 Å². The summed E-state index contributed by atoms with van der Waals surface area (Å²) in [7, 11) is 3.11. The van der Waals surface area contributed by atoms with E-state index in [-0.39, 0.29) is 23.7 Å². The highest BCUT2D eigenvalue weighted by Crippen LogP contribution is 2.32. The molecule has 0 saturated carbocycles. The van der Waals surface area contributed by atoms with Gasteiger partial charge in [-0.2, -0.15) is 0 Å². The van der Waals surface area contributed by atoms with Gasteiger partial charge in [0.2, 0.25) is 5.91 Å². The molecule has 1 amide bonds. The van der Waals surface area contributed by atoms with Gasteiger partial charge in [-0.05, 0) is 7.05 Å². The monoisotopic (exact) mass is 335 g/mol. The second-order valence-corrected chi connectivity index (χ2v) is 6.34. The van der Waals surface area contributed by atoms with Crippen molar-refractivity contribution in [2.24, 2.45) is 0 Å². The fourth-order valence-electron chi connectivity index (χ4n) is 1.53. The van der Waals surface area contributed by atoms with Crippen molar-refractivity contribution in [1.29, 1.82) is 0 Å². The Hall–Kier alpha value is -1.18. The molecule has 0 aliphatic carbocycles. The second kappa shape index (κ2) is 8.31. The number of nitrogens with one attached hydrogen (secondary N) is 2. The fourth-order valence-corrected chi connectivity index (χ4v) is 2.64. The lowest BCUT2D eigenvalue weighted by atomic mass is 9.91. The van der Waals surface area contributed by atoms with Crippen LogP contribution in [0.25, 0.3) is 0 Å². The number of carbonyl (C=O) groups is 2. The highest BCUT2D eigenvalue weighted by Gasteiger charge is 2.28. The van der Waals surface area contributed by atoms with E-state index in [4.69, 9.17) is 4.74 Å². The Morgan fingerprint density at radius 2 is 1.95 bits per heavy atom. The fraction of sp³-hybridized carbons (Fsp3) is 0.615. The maximum absolute atomic E-state index is 11.8. The van der Waals surface area contributed by atoms with Crippen molar-refractivity contribution in [3.05, 3.63) is 10.6 Å². The number of hydrogen-bond donors (Lipinski definition) is 2. The van der Waals surface area contributed by atoms with E-state index < -0.39 is 5.97 Å². The van der Waals surface area contributed by atoms with Gasteiger partial charge < -0.3 is 15.4 Å². The maximum atomic E-state index is 11.8. The van der Waals surface area contributed by atoms with Gasteiger partial charge >= 0.3 is 5.97 Å². The molecule has 21 heavy (non-hydrogen) atoms. The molecule has 1 aromatic heterocycles. The van der Waals surface area contributed by atoms with Gasteiger partial charge in [0.25, 0.3) is 0 Å². The molecule has 0 aliphatic heterocycles. The summed E-state index contributed by atoms with van der Waals surface area (Å²) >= 11 is 1.14. The highest BCUT2D eigenvalue weighted by molar-refractivity contribution is 7.17. The molecule has 1 aromatic rings. The van der Waals surface area contributed by atoms with Crippen LogP contribution in [-0.2, 0) is 14.9 Å². The molecule has 8 heteroatoms. The minimum Gasteiger partial charge on any atom is -0.465 e. The van der Waals surface area contributed by atoms with E-state index in [0.29, 0.717) is 28.7 Å². The van der Waals surface area contributed by atoms with Gasteiger partial charge in [0.05, 0.1) is 12.8 Å². The van der Waals surface area contributed by atoms with Crippen molar-refractivity contribution >= 4 is 40.8 Å². The number of halogens is 1. The first-order valence-electron chi connectivity index (χ1n) is 6.33. The van der Waals surface area contributed by atoms with Crippen molar-refractivity contribution in [3.63, 3.8) is 0 Å². The highest BCUT2D eigenvalue weighted by atomic mass is 35.5. The summed E-state index contributed by atoms with van der Waals surface area (Å²) in [5, 5.41) is 6.04. The van der Waals surface area contributed by atoms with Gasteiger partial charge in [-0.25, -0.2) is 9.78 Å². The Bertz CT molecular complexity index is 497. The minimum absolute atomic E-state index is 0. The molecule has 0 aromatic carbocycles. The third kappa shape index (κ3) is 5.61. The number of esters is 1. The molecule has 0 spiro atoms. The number of nitrogens with zero attached hydrogens (tertiary/aromatic N) is 1. The third-order valence-electron chi connectivity index (χ3n) is 2.56. The molecule has 0 aliphatic rings. The molecule has 1 heterocycles. The van der Waals surface area contributed by atoms with E-state index in [1.165, 1.54) is 7.11 Å². The van der Waals surface area contributed by atoms with Gasteiger partial charge in [-0.1, -0.05) is 32.1 Å². The van der Waals surface area contributed by atoms with Crippen LogP contribution in [0.2, 0.25) is 0 Å². The smallest absolute Gasteiger partial charge is 0.350 e. The predicted octanol–water partition coefficient (Wildman–Crippen LogP) is 2.20. The lowest BCUT2D eigenvalue weighted by molar-refractivity contribution is -0.116. The first kappa shape index (κ1) is 19.8. The Labute approximate surface area is 135 Å². The molecule has 6 nitrogen and oxygen atoms in total. The van der Waals surface area contributed by atoms with Crippen LogP contribution in [0.15, 0.2) is 0 Å². The van der Waals surface area contributed by atoms with Crippen molar-refractivity contribution in [2.45, 2.75) is 32.6 Å². The molecule has 0 radical (unpaired) electrons. The molecular formula is C13H22ClN3O3S. The topological polar surface area (TPSA) is 80.3 Å². The van der Waals surface area contributed by atoms with Crippen molar-refractivity contribution in [1.82, 2.24) is 10.3 Å². The van der Waals surface area contributed by atoms with Crippen LogP contribution in [0.3, 0.4) is 0 Å². The zero-order valence-corrected chi connectivity index (χ0v) is 14.5.